The number of carbonyl (C=O) groups excluding carboxylic acids is 1. The van der Waals surface area contributed by atoms with E-state index in [2.05, 4.69) is 26.2 Å². The molecule has 0 saturated carbocycles. The number of hydrogen-bond acceptors (Lipinski definition) is 4. The maximum Gasteiger partial charge on any atom is 0.264 e. The summed E-state index contributed by atoms with van der Waals surface area (Å²) < 4.78 is 6.01. The molecule has 23 heavy (non-hydrogen) atoms. The first-order valence-corrected chi connectivity index (χ1v) is 8.45. The Balaban J connectivity index is 1.82. The molecule has 1 fully saturated rings. The number of amidine groups is 1. The van der Waals surface area contributed by atoms with Crippen molar-refractivity contribution in [2.45, 2.75) is 0 Å². The molecule has 1 aliphatic heterocycles. The molecule has 4 nitrogen and oxygen atoms in total. The van der Waals surface area contributed by atoms with Crippen LogP contribution in [0.4, 0.5) is 5.69 Å². The van der Waals surface area contributed by atoms with Crippen LogP contribution in [0.1, 0.15) is 5.56 Å². The van der Waals surface area contributed by atoms with Gasteiger partial charge in [-0.2, -0.15) is 0 Å². The van der Waals surface area contributed by atoms with E-state index in [1.807, 2.05) is 54.6 Å². The smallest absolute Gasteiger partial charge is 0.264 e. The van der Waals surface area contributed by atoms with E-state index in [0.717, 1.165) is 21.5 Å². The number of methoxy groups -OCH3 is 1. The van der Waals surface area contributed by atoms with E-state index in [1.165, 1.54) is 11.8 Å². The van der Waals surface area contributed by atoms with Gasteiger partial charge in [0.25, 0.3) is 5.91 Å². The predicted molar refractivity (Wildman–Crippen MR) is 97.9 cm³/mol. The van der Waals surface area contributed by atoms with Crippen LogP contribution in [0.3, 0.4) is 0 Å². The first kappa shape index (κ1) is 15.8. The van der Waals surface area contributed by atoms with Crippen molar-refractivity contribution in [1.82, 2.24) is 5.32 Å². The average molecular weight is 389 g/mol. The summed E-state index contributed by atoms with van der Waals surface area (Å²) in [7, 11) is 1.62. The zero-order chi connectivity index (χ0) is 16.2. The van der Waals surface area contributed by atoms with E-state index in [-0.39, 0.29) is 5.91 Å². The van der Waals surface area contributed by atoms with Gasteiger partial charge in [-0.05, 0) is 63.6 Å². The minimum atomic E-state index is -0.142. The molecule has 0 aliphatic carbocycles. The minimum Gasteiger partial charge on any atom is -0.497 e. The number of para-hydroxylation sites is 1. The van der Waals surface area contributed by atoms with Crippen molar-refractivity contribution in [3.05, 3.63) is 63.5 Å². The van der Waals surface area contributed by atoms with Gasteiger partial charge in [0, 0.05) is 4.47 Å². The average Bonchev–Trinajstić information content (AvgIpc) is 2.90. The number of rotatable bonds is 3. The third kappa shape index (κ3) is 3.83. The van der Waals surface area contributed by atoms with Gasteiger partial charge in [0.1, 0.15) is 5.75 Å². The summed E-state index contributed by atoms with van der Waals surface area (Å²) in [6, 6.07) is 15.2. The molecule has 0 spiro atoms. The van der Waals surface area contributed by atoms with E-state index in [9.17, 15) is 4.79 Å². The molecule has 0 unspecified atom stereocenters. The third-order valence-corrected chi connectivity index (χ3v) is 4.72. The lowest BCUT2D eigenvalue weighted by Crippen LogP contribution is -2.19. The standard InChI is InChI=1S/C17H13BrN2O2S/c1-22-12-8-6-11(7-9-12)10-15-16(21)20-17(23-15)19-14-5-3-2-4-13(14)18/h2-10H,1H3,(H,19,20,21). The molecule has 1 aliphatic rings. The second kappa shape index (κ2) is 7.02. The third-order valence-electron chi connectivity index (χ3n) is 3.14. The summed E-state index contributed by atoms with van der Waals surface area (Å²) in [4.78, 5) is 17.1. The Morgan fingerprint density at radius 2 is 1.91 bits per heavy atom. The highest BCUT2D eigenvalue weighted by Gasteiger charge is 2.23. The van der Waals surface area contributed by atoms with Gasteiger partial charge in [-0.3, -0.25) is 4.79 Å². The Kier molecular flexibility index (Phi) is 4.83. The van der Waals surface area contributed by atoms with Gasteiger partial charge in [0.15, 0.2) is 5.17 Å². The molecular weight excluding hydrogens is 376 g/mol. The molecular formula is C17H13BrN2O2S. The van der Waals surface area contributed by atoms with Gasteiger partial charge in [-0.15, -0.1) is 0 Å². The highest BCUT2D eigenvalue weighted by molar-refractivity contribution is 9.10. The Labute approximate surface area is 146 Å². The molecule has 1 N–H and O–H groups in total. The summed E-state index contributed by atoms with van der Waals surface area (Å²) >= 11 is 4.77. The monoisotopic (exact) mass is 388 g/mol. The lowest BCUT2D eigenvalue weighted by molar-refractivity contribution is -0.115. The number of nitrogens with zero attached hydrogens (tertiary/aromatic N) is 1. The minimum absolute atomic E-state index is 0.142. The Morgan fingerprint density at radius 3 is 2.61 bits per heavy atom. The molecule has 0 aromatic heterocycles. The molecule has 0 atom stereocenters. The molecule has 3 rings (SSSR count). The fraction of sp³-hybridized carbons (Fsp3) is 0.0588. The van der Waals surface area contributed by atoms with Crippen LogP contribution >= 0.6 is 27.7 Å². The number of amides is 1. The van der Waals surface area contributed by atoms with Crippen LogP contribution in [-0.4, -0.2) is 18.2 Å². The number of nitrogens with one attached hydrogen (secondary N) is 1. The van der Waals surface area contributed by atoms with Gasteiger partial charge in [0.2, 0.25) is 0 Å². The van der Waals surface area contributed by atoms with E-state index in [4.69, 9.17) is 4.74 Å². The van der Waals surface area contributed by atoms with Crippen LogP contribution in [0.15, 0.2) is 62.9 Å². The second-order valence-electron chi connectivity index (χ2n) is 4.71. The zero-order valence-electron chi connectivity index (χ0n) is 12.2. The van der Waals surface area contributed by atoms with Gasteiger partial charge in [-0.25, -0.2) is 4.99 Å². The van der Waals surface area contributed by atoms with Gasteiger partial charge in [0.05, 0.1) is 17.7 Å². The molecule has 2 aromatic carbocycles. The second-order valence-corrected chi connectivity index (χ2v) is 6.59. The zero-order valence-corrected chi connectivity index (χ0v) is 14.6. The normalized spacial score (nSPS) is 17.6. The topological polar surface area (TPSA) is 50.7 Å². The van der Waals surface area contributed by atoms with E-state index < -0.39 is 0 Å². The van der Waals surface area contributed by atoms with Crippen LogP contribution in [0.5, 0.6) is 5.75 Å². The van der Waals surface area contributed by atoms with Crippen molar-refractivity contribution in [1.29, 1.82) is 0 Å². The summed E-state index contributed by atoms with van der Waals surface area (Å²) in [5, 5.41) is 3.35. The first-order chi connectivity index (χ1) is 11.2. The highest BCUT2D eigenvalue weighted by atomic mass is 79.9. The molecule has 2 aromatic rings. The summed E-state index contributed by atoms with van der Waals surface area (Å²) in [5.41, 5.74) is 1.71. The number of ether oxygens (including phenoxy) is 1. The number of thioether (sulfide) groups is 1. The molecule has 116 valence electrons. The van der Waals surface area contributed by atoms with Gasteiger partial charge < -0.3 is 10.1 Å². The SMILES string of the molecule is COc1ccc(C=C2SC(=Nc3ccccc3Br)NC2=O)cc1. The van der Waals surface area contributed by atoms with Crippen LogP contribution in [0, 0.1) is 0 Å². The maximum absolute atomic E-state index is 12.1. The lowest BCUT2D eigenvalue weighted by Gasteiger charge is -1.99. The number of carbonyl (C=O) groups is 1. The van der Waals surface area contributed by atoms with E-state index in [0.29, 0.717) is 10.1 Å². The number of benzene rings is 2. The van der Waals surface area contributed by atoms with Crippen molar-refractivity contribution >= 4 is 50.5 Å². The van der Waals surface area contributed by atoms with Crippen molar-refractivity contribution < 1.29 is 9.53 Å². The van der Waals surface area contributed by atoms with Crippen LogP contribution in [-0.2, 0) is 4.79 Å². The van der Waals surface area contributed by atoms with E-state index >= 15 is 0 Å². The Hall–Kier alpha value is -2.05. The molecule has 1 amide bonds. The summed E-state index contributed by atoms with van der Waals surface area (Å²) in [6.07, 6.45) is 1.84. The maximum atomic E-state index is 12.1. The lowest BCUT2D eigenvalue weighted by atomic mass is 10.2. The first-order valence-electron chi connectivity index (χ1n) is 6.84. The number of halogens is 1. The molecule has 0 bridgehead atoms. The largest absolute Gasteiger partial charge is 0.497 e. The van der Waals surface area contributed by atoms with Gasteiger partial charge in [-0.1, -0.05) is 24.3 Å². The fourth-order valence-electron chi connectivity index (χ4n) is 1.98. The molecule has 0 radical (unpaired) electrons. The van der Waals surface area contributed by atoms with Crippen molar-refractivity contribution in [3.8, 4) is 5.75 Å². The van der Waals surface area contributed by atoms with Gasteiger partial charge >= 0.3 is 0 Å². The molecule has 1 saturated heterocycles. The van der Waals surface area contributed by atoms with Crippen LogP contribution < -0.4 is 10.1 Å². The van der Waals surface area contributed by atoms with Crippen molar-refractivity contribution in [3.63, 3.8) is 0 Å². The highest BCUT2D eigenvalue weighted by Crippen LogP contribution is 2.31. The molecule has 1 heterocycles. The summed E-state index contributed by atoms with van der Waals surface area (Å²) in [5.74, 6) is 0.642. The van der Waals surface area contributed by atoms with Crippen molar-refractivity contribution in [2.24, 2.45) is 4.99 Å². The van der Waals surface area contributed by atoms with Crippen molar-refractivity contribution in [2.75, 3.05) is 7.11 Å². The number of hydrogen-bond donors (Lipinski definition) is 1. The predicted octanol–water partition coefficient (Wildman–Crippen LogP) is 4.35. The number of aliphatic imine (C=N–C) groups is 1. The van der Waals surface area contributed by atoms with Crippen LogP contribution in [0.25, 0.3) is 6.08 Å². The molecule has 6 heteroatoms. The summed E-state index contributed by atoms with van der Waals surface area (Å²) in [6.45, 7) is 0. The Morgan fingerprint density at radius 1 is 1.17 bits per heavy atom. The van der Waals surface area contributed by atoms with Crippen LogP contribution in [0.2, 0.25) is 0 Å². The quantitative estimate of drug-likeness (QED) is 0.795. The van der Waals surface area contributed by atoms with E-state index in [1.54, 1.807) is 7.11 Å². The fourth-order valence-corrected chi connectivity index (χ4v) is 3.19. The Bertz CT molecular complexity index is 800.